The predicted molar refractivity (Wildman–Crippen MR) is 101 cm³/mol. The number of rotatable bonds is 3. The van der Waals surface area contributed by atoms with Crippen LogP contribution in [0, 0.1) is 10.1 Å². The van der Waals surface area contributed by atoms with Crippen LogP contribution in [0.25, 0.3) is 0 Å². The molecular weight excluding hydrogens is 352 g/mol. The van der Waals surface area contributed by atoms with Crippen LogP contribution >= 0.6 is 0 Å². The highest BCUT2D eigenvalue weighted by atomic mass is 16.6. The van der Waals surface area contributed by atoms with Crippen molar-refractivity contribution < 1.29 is 19.2 Å². The van der Waals surface area contributed by atoms with Crippen LogP contribution in [0.3, 0.4) is 0 Å². The Kier molecular flexibility index (Phi) is 5.92. The van der Waals surface area contributed by atoms with Crippen molar-refractivity contribution in [2.45, 2.75) is 26.4 Å². The number of carbonyl (C=O) groups excluding carboxylic acids is 2. The molecule has 1 aromatic rings. The molecular formula is C18H26N4O5. The van der Waals surface area contributed by atoms with Crippen molar-refractivity contribution in [1.82, 2.24) is 9.80 Å². The van der Waals surface area contributed by atoms with E-state index in [1.165, 1.54) is 6.07 Å². The van der Waals surface area contributed by atoms with Crippen molar-refractivity contribution in [2.75, 3.05) is 45.2 Å². The molecule has 9 heteroatoms. The van der Waals surface area contributed by atoms with Gasteiger partial charge in [0, 0.05) is 51.9 Å². The lowest BCUT2D eigenvalue weighted by atomic mass is 10.1. The summed E-state index contributed by atoms with van der Waals surface area (Å²) in [4.78, 5) is 40.4. The number of hydrogen-bond donors (Lipinski definition) is 0. The maximum atomic E-state index is 12.7. The molecule has 1 aliphatic heterocycles. The van der Waals surface area contributed by atoms with Gasteiger partial charge in [-0.3, -0.25) is 14.9 Å². The zero-order chi connectivity index (χ0) is 20.4. The van der Waals surface area contributed by atoms with Gasteiger partial charge >= 0.3 is 6.09 Å². The van der Waals surface area contributed by atoms with Crippen LogP contribution < -0.4 is 4.90 Å². The number of nitrogens with zero attached hydrogens (tertiary/aromatic N) is 4. The highest BCUT2D eigenvalue weighted by Crippen LogP contribution is 2.28. The highest BCUT2D eigenvalue weighted by Gasteiger charge is 2.29. The van der Waals surface area contributed by atoms with E-state index < -0.39 is 16.6 Å². The summed E-state index contributed by atoms with van der Waals surface area (Å²) in [6, 6.07) is 4.46. The van der Waals surface area contributed by atoms with Crippen LogP contribution in [0.1, 0.15) is 31.1 Å². The molecule has 27 heavy (non-hydrogen) atoms. The van der Waals surface area contributed by atoms with Crippen LogP contribution in [0.5, 0.6) is 0 Å². The molecule has 0 saturated carbocycles. The first-order valence-corrected chi connectivity index (χ1v) is 8.72. The molecule has 0 N–H and O–H groups in total. The Morgan fingerprint density at radius 3 is 2.15 bits per heavy atom. The standard InChI is InChI=1S/C18H26N4O5/c1-18(2,3)27-17(24)21-10-8-20(9-11-21)16(23)13-6-7-14(19(4)5)15(12-13)22(25)26/h6-7,12H,8-11H2,1-5H3. The zero-order valence-corrected chi connectivity index (χ0v) is 16.4. The number of anilines is 1. The van der Waals surface area contributed by atoms with E-state index in [4.69, 9.17) is 4.74 Å². The van der Waals surface area contributed by atoms with Gasteiger partial charge in [0.2, 0.25) is 0 Å². The summed E-state index contributed by atoms with van der Waals surface area (Å²) in [6.45, 7) is 6.82. The van der Waals surface area contributed by atoms with E-state index in [9.17, 15) is 19.7 Å². The van der Waals surface area contributed by atoms with Crippen LogP contribution in [-0.2, 0) is 4.74 Å². The lowest BCUT2D eigenvalue weighted by molar-refractivity contribution is -0.384. The van der Waals surface area contributed by atoms with E-state index in [0.717, 1.165) is 0 Å². The Bertz CT molecular complexity index is 734. The van der Waals surface area contributed by atoms with Gasteiger partial charge in [0.05, 0.1) is 4.92 Å². The van der Waals surface area contributed by atoms with Gasteiger partial charge in [-0.1, -0.05) is 0 Å². The zero-order valence-electron chi connectivity index (χ0n) is 16.4. The molecule has 0 spiro atoms. The lowest BCUT2D eigenvalue weighted by Gasteiger charge is -2.35. The van der Waals surface area contributed by atoms with Gasteiger partial charge in [0.15, 0.2) is 0 Å². The number of nitro benzene ring substituents is 1. The third-order valence-corrected chi connectivity index (χ3v) is 4.12. The number of benzene rings is 1. The van der Waals surface area contributed by atoms with E-state index in [2.05, 4.69) is 0 Å². The normalized spacial score (nSPS) is 14.7. The molecule has 0 radical (unpaired) electrons. The van der Waals surface area contributed by atoms with Crippen molar-refractivity contribution in [1.29, 1.82) is 0 Å². The third-order valence-electron chi connectivity index (χ3n) is 4.12. The molecule has 2 amide bonds. The molecule has 0 atom stereocenters. The number of ether oxygens (including phenoxy) is 1. The molecule has 0 aromatic heterocycles. The Morgan fingerprint density at radius 1 is 1.11 bits per heavy atom. The van der Waals surface area contributed by atoms with E-state index in [0.29, 0.717) is 31.9 Å². The molecule has 0 aliphatic carbocycles. The van der Waals surface area contributed by atoms with Crippen molar-refractivity contribution in [2.24, 2.45) is 0 Å². The number of carbonyl (C=O) groups is 2. The fraction of sp³-hybridized carbons (Fsp3) is 0.556. The van der Waals surface area contributed by atoms with Crippen LogP contribution in [0.4, 0.5) is 16.2 Å². The first-order chi connectivity index (χ1) is 12.5. The summed E-state index contributed by atoms with van der Waals surface area (Å²) in [5.41, 5.74) is 0.0134. The minimum Gasteiger partial charge on any atom is -0.444 e. The molecule has 0 bridgehead atoms. The molecule has 9 nitrogen and oxygen atoms in total. The summed E-state index contributed by atoms with van der Waals surface area (Å²) in [7, 11) is 3.42. The minimum absolute atomic E-state index is 0.113. The van der Waals surface area contributed by atoms with Crippen molar-refractivity contribution >= 4 is 23.4 Å². The first-order valence-electron chi connectivity index (χ1n) is 8.72. The van der Waals surface area contributed by atoms with E-state index >= 15 is 0 Å². The summed E-state index contributed by atoms with van der Waals surface area (Å²) in [5, 5.41) is 11.3. The number of hydrogen-bond acceptors (Lipinski definition) is 6. The van der Waals surface area contributed by atoms with Crippen molar-refractivity contribution in [3.8, 4) is 0 Å². The summed E-state index contributed by atoms with van der Waals surface area (Å²) < 4.78 is 5.34. The van der Waals surface area contributed by atoms with Gasteiger partial charge in [-0.05, 0) is 32.9 Å². The average Bonchev–Trinajstić information content (AvgIpc) is 2.59. The van der Waals surface area contributed by atoms with Crippen molar-refractivity contribution in [3.63, 3.8) is 0 Å². The van der Waals surface area contributed by atoms with Crippen LogP contribution in [0.15, 0.2) is 18.2 Å². The van der Waals surface area contributed by atoms with E-state index in [1.807, 2.05) is 0 Å². The Morgan fingerprint density at radius 2 is 1.67 bits per heavy atom. The minimum atomic E-state index is -0.572. The lowest BCUT2D eigenvalue weighted by Crippen LogP contribution is -2.51. The molecule has 1 aromatic carbocycles. The van der Waals surface area contributed by atoms with Gasteiger partial charge in [-0.15, -0.1) is 0 Å². The molecule has 1 heterocycles. The van der Waals surface area contributed by atoms with Gasteiger partial charge in [0.1, 0.15) is 11.3 Å². The van der Waals surface area contributed by atoms with Crippen LogP contribution in [-0.4, -0.2) is 72.6 Å². The van der Waals surface area contributed by atoms with Gasteiger partial charge in [-0.25, -0.2) is 4.79 Å². The Balaban J connectivity index is 2.07. The Labute approximate surface area is 158 Å². The summed E-state index contributed by atoms with van der Waals surface area (Å²) in [6.07, 6.45) is -0.402. The molecule has 1 saturated heterocycles. The molecule has 1 fully saturated rings. The largest absolute Gasteiger partial charge is 0.444 e. The number of amides is 2. The predicted octanol–water partition coefficient (Wildman–Crippen LogP) is 2.35. The van der Waals surface area contributed by atoms with Crippen molar-refractivity contribution in [3.05, 3.63) is 33.9 Å². The molecule has 2 rings (SSSR count). The quantitative estimate of drug-likeness (QED) is 0.592. The first kappa shape index (κ1) is 20.5. The summed E-state index contributed by atoms with van der Waals surface area (Å²) in [5.74, 6) is -0.285. The SMILES string of the molecule is CN(C)c1ccc(C(=O)N2CCN(C(=O)OC(C)(C)C)CC2)cc1[N+](=O)[O-]. The monoisotopic (exact) mass is 378 g/mol. The van der Waals surface area contributed by atoms with E-state index in [-0.39, 0.29) is 17.2 Å². The van der Waals surface area contributed by atoms with E-state index in [1.54, 1.807) is 61.7 Å². The molecule has 1 aliphatic rings. The fourth-order valence-electron chi connectivity index (χ4n) is 2.78. The van der Waals surface area contributed by atoms with Crippen LogP contribution in [0.2, 0.25) is 0 Å². The number of piperazine rings is 1. The average molecular weight is 378 g/mol. The topological polar surface area (TPSA) is 96.2 Å². The second kappa shape index (κ2) is 7.81. The second-order valence-corrected chi connectivity index (χ2v) is 7.61. The van der Waals surface area contributed by atoms with Gasteiger partial charge in [-0.2, -0.15) is 0 Å². The van der Waals surface area contributed by atoms with Gasteiger partial charge in [0.25, 0.3) is 11.6 Å². The smallest absolute Gasteiger partial charge is 0.410 e. The Hall–Kier alpha value is -2.84. The molecule has 0 unspecified atom stereocenters. The molecule has 148 valence electrons. The summed E-state index contributed by atoms with van der Waals surface area (Å²) >= 11 is 0. The second-order valence-electron chi connectivity index (χ2n) is 7.61. The van der Waals surface area contributed by atoms with Gasteiger partial charge < -0.3 is 19.4 Å². The third kappa shape index (κ3) is 5.08. The maximum Gasteiger partial charge on any atom is 0.410 e. The maximum absolute atomic E-state index is 12.7. The highest BCUT2D eigenvalue weighted by molar-refractivity contribution is 5.96. The fourth-order valence-corrected chi connectivity index (χ4v) is 2.78. The number of nitro groups is 1.